The Morgan fingerprint density at radius 2 is 1.41 bits per heavy atom. The van der Waals surface area contributed by atoms with Crippen molar-refractivity contribution in [2.75, 3.05) is 0 Å². The van der Waals surface area contributed by atoms with Crippen molar-refractivity contribution in [1.29, 1.82) is 0 Å². The van der Waals surface area contributed by atoms with Crippen LogP contribution in [0.5, 0.6) is 0 Å². The summed E-state index contributed by atoms with van der Waals surface area (Å²) < 4.78 is 0. The largest absolute Gasteiger partial charge is 4.00 e. The van der Waals surface area contributed by atoms with Crippen molar-refractivity contribution in [3.05, 3.63) is 68.2 Å². The van der Waals surface area contributed by atoms with Gasteiger partial charge in [0.15, 0.2) is 0 Å². The van der Waals surface area contributed by atoms with E-state index in [-0.39, 0.29) is 59.4 Å². The smallest absolute Gasteiger partial charge is 0.671 e. The Morgan fingerprint density at radius 3 is 1.50 bits per heavy atom. The minimum absolute atomic E-state index is 0. The Hall–Kier alpha value is -0.639. The van der Waals surface area contributed by atoms with Gasteiger partial charge in [0, 0.05) is 6.41 Å². The quantitative estimate of drug-likeness (QED) is 0.295. The zero-order valence-corrected chi connectivity index (χ0v) is 16.4. The normalized spacial score (nSPS) is 13.4. The fraction of sp³-hybridized carbons (Fsp3) is 0.389. The molecule has 0 spiro atoms. The molecule has 0 heterocycles. The maximum atomic E-state index is 8.47. The molecule has 4 heteroatoms. The van der Waals surface area contributed by atoms with E-state index in [1.807, 2.05) is 38.2 Å². The monoisotopic (exact) mass is 357 g/mol. The van der Waals surface area contributed by atoms with Crippen molar-refractivity contribution < 1.29 is 26.5 Å². The van der Waals surface area contributed by atoms with E-state index in [2.05, 4.69) is 39.8 Å². The maximum Gasteiger partial charge on any atom is 4.00 e. The molecule has 1 rings (SSSR count). The third-order valence-corrected chi connectivity index (χ3v) is 2.67. The van der Waals surface area contributed by atoms with E-state index < -0.39 is 0 Å². The first-order chi connectivity index (χ1) is 8.37. The number of rotatable bonds is 1. The number of hydrogen-bond donors (Lipinski definition) is 0. The summed E-state index contributed by atoms with van der Waals surface area (Å²) in [7, 11) is 0. The average molecular weight is 357 g/mol. The van der Waals surface area contributed by atoms with Crippen LogP contribution in [0, 0.1) is 26.3 Å². The van der Waals surface area contributed by atoms with Crippen molar-refractivity contribution in [2.24, 2.45) is 5.41 Å². The standard InChI is InChI=1S/C9H13.C6H10.CH3NO.2CH3.H4Si.Ti/c1-7-5-6-9(3,4)8(7)2;1-3-5-6-4-2;2-1-3;;;;/h6H,1-4H3;3-6H,1-2H3;1H,(H2,2,3);2*1H3;1H4;/q-1;;;2*-1;;+4/p-1. The third-order valence-electron chi connectivity index (χ3n) is 2.67. The number of carbonyl (C=O) groups is 1. The fourth-order valence-corrected chi connectivity index (χ4v) is 1.21. The number of hydrogen-bond acceptors (Lipinski definition) is 1. The number of carbonyl (C=O) groups excluding carboxylic acids is 1. The minimum atomic E-state index is 0. The molecule has 1 aliphatic rings. The first-order valence-electron chi connectivity index (χ1n) is 6.01. The molecule has 0 aromatic rings. The summed E-state index contributed by atoms with van der Waals surface area (Å²) in [5.41, 5.74) is 8.55. The van der Waals surface area contributed by atoms with Gasteiger partial charge in [-0.05, 0) is 24.8 Å². The summed E-state index contributed by atoms with van der Waals surface area (Å²) in [5, 5.41) is 0. The van der Waals surface area contributed by atoms with E-state index in [1.54, 1.807) is 0 Å². The van der Waals surface area contributed by atoms with Crippen LogP contribution in [-0.2, 0) is 26.5 Å². The van der Waals surface area contributed by atoms with Crippen molar-refractivity contribution in [3.8, 4) is 0 Å². The molecule has 0 atom stereocenters. The van der Waals surface area contributed by atoms with Gasteiger partial charge >= 0.3 is 21.7 Å². The van der Waals surface area contributed by atoms with E-state index in [0.29, 0.717) is 0 Å². The second-order valence-corrected chi connectivity index (χ2v) is 4.43. The molecule has 0 saturated heterocycles. The molecule has 0 aliphatic heterocycles. The van der Waals surface area contributed by atoms with Crippen LogP contribution in [0.3, 0.4) is 0 Å². The van der Waals surface area contributed by atoms with Crippen molar-refractivity contribution in [2.45, 2.75) is 41.5 Å². The van der Waals surface area contributed by atoms with E-state index in [0.717, 1.165) is 0 Å². The molecule has 1 aliphatic carbocycles. The molecule has 0 bridgehead atoms. The second-order valence-electron chi connectivity index (χ2n) is 4.43. The van der Waals surface area contributed by atoms with Crippen molar-refractivity contribution >= 4 is 17.4 Å². The van der Waals surface area contributed by atoms with E-state index in [9.17, 15) is 0 Å². The van der Waals surface area contributed by atoms with Gasteiger partial charge in [-0.25, -0.2) is 11.1 Å². The van der Waals surface area contributed by atoms with Crippen molar-refractivity contribution in [3.63, 3.8) is 0 Å². The third kappa shape index (κ3) is 19.4. The average Bonchev–Trinajstić information content (AvgIpc) is 2.55. The Kier molecular flexibility index (Phi) is 38.6. The summed E-state index contributed by atoms with van der Waals surface area (Å²) in [6.07, 6.45) is 13.4. The number of nitrogens with one attached hydrogen (secondary N) is 1. The molecular formula is C18H35NOSiTi. The van der Waals surface area contributed by atoms with E-state index in [4.69, 9.17) is 10.5 Å². The molecule has 2 nitrogen and oxygen atoms in total. The van der Waals surface area contributed by atoms with Gasteiger partial charge < -0.3 is 25.4 Å². The first kappa shape index (κ1) is 37.5. The Labute approximate surface area is 158 Å². The molecule has 0 aromatic carbocycles. The van der Waals surface area contributed by atoms with Crippen LogP contribution < -0.4 is 0 Å². The van der Waals surface area contributed by atoms with Crippen LogP contribution in [0.15, 0.2) is 41.5 Å². The molecule has 1 N–H and O–H groups in total. The Morgan fingerprint density at radius 1 is 1.09 bits per heavy atom. The van der Waals surface area contributed by atoms with Gasteiger partial charge in [-0.3, -0.25) is 6.08 Å². The molecule has 0 fully saturated rings. The van der Waals surface area contributed by atoms with Crippen LogP contribution in [0.2, 0.25) is 0 Å². The number of allylic oxidation sites excluding steroid dienone is 8. The molecule has 0 saturated carbocycles. The molecule has 1 amide bonds. The number of amides is 1. The summed E-state index contributed by atoms with van der Waals surface area (Å²) in [4.78, 5) is 8.47. The van der Waals surface area contributed by atoms with Gasteiger partial charge in [-0.15, -0.1) is 6.92 Å². The van der Waals surface area contributed by atoms with Gasteiger partial charge in [0.25, 0.3) is 0 Å². The Balaban J connectivity index is -0.0000000444. The predicted octanol–water partition coefficient (Wildman–Crippen LogP) is 4.50. The molecule has 0 aromatic heterocycles. The van der Waals surface area contributed by atoms with E-state index >= 15 is 0 Å². The minimum Gasteiger partial charge on any atom is -0.671 e. The van der Waals surface area contributed by atoms with Crippen LogP contribution in [0.25, 0.3) is 5.73 Å². The van der Waals surface area contributed by atoms with Crippen LogP contribution >= 0.6 is 0 Å². The van der Waals surface area contributed by atoms with Crippen LogP contribution in [0.1, 0.15) is 41.5 Å². The summed E-state index contributed by atoms with van der Waals surface area (Å²) in [6.45, 7) is 12.7. The van der Waals surface area contributed by atoms with E-state index in [1.165, 1.54) is 11.1 Å². The summed E-state index contributed by atoms with van der Waals surface area (Å²) in [5.74, 6) is 0. The molecule has 22 heavy (non-hydrogen) atoms. The zero-order valence-electron chi connectivity index (χ0n) is 14.9. The van der Waals surface area contributed by atoms with Gasteiger partial charge in [-0.1, -0.05) is 50.5 Å². The zero-order chi connectivity index (χ0) is 14.6. The molecular weight excluding hydrogens is 322 g/mol. The maximum absolute atomic E-state index is 8.47. The summed E-state index contributed by atoms with van der Waals surface area (Å²) >= 11 is 0. The Bertz CT molecular complexity index is 346. The van der Waals surface area contributed by atoms with Gasteiger partial charge in [0.05, 0.1) is 0 Å². The molecule has 0 unspecified atom stereocenters. The molecule has 0 radical (unpaired) electrons. The SMILES string of the molecule is CC1=C(C)C(C)(C)C=[C-]1.CC=CC=CC.[CH3-].[CH3-].[NH-]C=O.[SiH4].[Ti+4]. The molecule has 126 valence electrons. The van der Waals surface area contributed by atoms with Crippen LogP contribution in [-0.4, -0.2) is 17.4 Å². The van der Waals surface area contributed by atoms with Gasteiger partial charge in [0.2, 0.25) is 0 Å². The first-order valence-corrected chi connectivity index (χ1v) is 6.01. The fourth-order valence-electron chi connectivity index (χ4n) is 1.21. The second kappa shape index (κ2) is 22.6. The van der Waals surface area contributed by atoms with Gasteiger partial charge in [-0.2, -0.15) is 6.08 Å². The predicted molar refractivity (Wildman–Crippen MR) is 104 cm³/mol. The van der Waals surface area contributed by atoms with Gasteiger partial charge in [0.1, 0.15) is 0 Å². The van der Waals surface area contributed by atoms with Crippen LogP contribution in [0.4, 0.5) is 0 Å². The topological polar surface area (TPSA) is 40.9 Å². The summed E-state index contributed by atoms with van der Waals surface area (Å²) in [6, 6.07) is 0. The van der Waals surface area contributed by atoms with Crippen molar-refractivity contribution in [1.82, 2.24) is 0 Å².